The monoisotopic (exact) mass is 280 g/mol. The fourth-order valence-corrected chi connectivity index (χ4v) is 3.20. The molecule has 0 amide bonds. The van der Waals surface area contributed by atoms with E-state index in [0.29, 0.717) is 18.2 Å². The Hall–Kier alpha value is -0.900. The first-order chi connectivity index (χ1) is 9.60. The average Bonchev–Trinajstić information content (AvgIpc) is 2.87. The lowest BCUT2D eigenvalue weighted by Crippen LogP contribution is -2.18. The maximum atomic E-state index is 9.79. The summed E-state index contributed by atoms with van der Waals surface area (Å²) in [5.74, 6) is 3.52. The van der Waals surface area contributed by atoms with Gasteiger partial charge in [0, 0.05) is 5.92 Å². The molecule has 1 unspecified atom stereocenters. The smallest absolute Gasteiger partial charge is 0.229 e. The Morgan fingerprint density at radius 3 is 2.55 bits per heavy atom. The molecule has 1 aliphatic rings. The number of nitrogens with zero attached hydrogens (tertiary/aromatic N) is 2. The van der Waals surface area contributed by atoms with E-state index < -0.39 is 0 Å². The molecule has 0 aliphatic heterocycles. The minimum absolute atomic E-state index is 0.357. The Morgan fingerprint density at radius 2 is 1.95 bits per heavy atom. The zero-order chi connectivity index (χ0) is 14.5. The maximum Gasteiger partial charge on any atom is 0.229 e. The fourth-order valence-electron chi connectivity index (χ4n) is 3.20. The quantitative estimate of drug-likeness (QED) is 0.863. The summed E-state index contributed by atoms with van der Waals surface area (Å²) in [5.41, 5.74) is 0. The van der Waals surface area contributed by atoms with Crippen LogP contribution in [0.25, 0.3) is 0 Å². The van der Waals surface area contributed by atoms with Crippen LogP contribution in [0, 0.1) is 11.8 Å². The normalized spacial score (nSPS) is 25.1. The third kappa shape index (κ3) is 4.05. The lowest BCUT2D eigenvalue weighted by molar-refractivity contribution is 0.151. The molecule has 1 saturated carbocycles. The van der Waals surface area contributed by atoms with Gasteiger partial charge in [-0.25, -0.2) is 0 Å². The van der Waals surface area contributed by atoms with E-state index in [1.807, 2.05) is 0 Å². The molecule has 0 saturated heterocycles. The van der Waals surface area contributed by atoms with Gasteiger partial charge in [-0.1, -0.05) is 32.3 Å². The summed E-state index contributed by atoms with van der Waals surface area (Å²) < 4.78 is 5.29. The maximum absolute atomic E-state index is 9.79. The summed E-state index contributed by atoms with van der Waals surface area (Å²) >= 11 is 0. The standard InChI is InChI=1S/C16H28N2O2/c1-4-5-14(19)10-15-17-16(18-20-15)13-8-6-12(7-9-13)11(2)3/h11-14,19H,4-10H2,1-3H3. The van der Waals surface area contributed by atoms with Crippen molar-refractivity contribution in [2.45, 2.75) is 77.7 Å². The summed E-state index contributed by atoms with van der Waals surface area (Å²) in [6, 6.07) is 0. The van der Waals surface area contributed by atoms with Crippen LogP contribution in [0.15, 0.2) is 4.52 Å². The van der Waals surface area contributed by atoms with Crippen LogP contribution in [0.5, 0.6) is 0 Å². The molecule has 1 heterocycles. The largest absolute Gasteiger partial charge is 0.393 e. The van der Waals surface area contributed by atoms with E-state index in [4.69, 9.17) is 4.52 Å². The highest BCUT2D eigenvalue weighted by Gasteiger charge is 2.27. The third-order valence-electron chi connectivity index (χ3n) is 4.60. The van der Waals surface area contributed by atoms with Crippen LogP contribution in [0.2, 0.25) is 0 Å². The summed E-state index contributed by atoms with van der Waals surface area (Å²) in [5, 5.41) is 13.9. The first-order valence-electron chi connectivity index (χ1n) is 8.10. The van der Waals surface area contributed by atoms with Crippen LogP contribution in [-0.2, 0) is 6.42 Å². The van der Waals surface area contributed by atoms with E-state index in [9.17, 15) is 5.11 Å². The van der Waals surface area contributed by atoms with E-state index in [0.717, 1.165) is 30.5 Å². The van der Waals surface area contributed by atoms with Crippen LogP contribution in [-0.4, -0.2) is 21.4 Å². The van der Waals surface area contributed by atoms with Crippen molar-refractivity contribution in [3.63, 3.8) is 0 Å². The molecular weight excluding hydrogens is 252 g/mol. The molecule has 1 aliphatic carbocycles. The van der Waals surface area contributed by atoms with Crippen molar-refractivity contribution in [1.82, 2.24) is 10.1 Å². The lowest BCUT2D eigenvalue weighted by Gasteiger charge is -2.29. The summed E-state index contributed by atoms with van der Waals surface area (Å²) in [4.78, 5) is 4.49. The number of rotatable bonds is 6. The van der Waals surface area contributed by atoms with E-state index in [1.165, 1.54) is 25.7 Å². The minimum Gasteiger partial charge on any atom is -0.393 e. The minimum atomic E-state index is -0.357. The summed E-state index contributed by atoms with van der Waals surface area (Å²) in [6.07, 6.45) is 6.76. The van der Waals surface area contributed by atoms with E-state index >= 15 is 0 Å². The molecule has 0 radical (unpaired) electrons. The molecule has 1 fully saturated rings. The molecular formula is C16H28N2O2. The van der Waals surface area contributed by atoms with Gasteiger partial charge < -0.3 is 9.63 Å². The second kappa shape index (κ2) is 7.21. The zero-order valence-electron chi connectivity index (χ0n) is 13.0. The fraction of sp³-hybridized carbons (Fsp3) is 0.875. The Labute approximate surface area is 122 Å². The number of aliphatic hydroxyl groups excluding tert-OH is 1. The highest BCUT2D eigenvalue weighted by molar-refractivity contribution is 4.98. The molecule has 0 bridgehead atoms. The number of aromatic nitrogens is 2. The number of aliphatic hydroxyl groups is 1. The zero-order valence-corrected chi connectivity index (χ0v) is 13.0. The second-order valence-electron chi connectivity index (χ2n) is 6.55. The first-order valence-corrected chi connectivity index (χ1v) is 8.10. The van der Waals surface area contributed by atoms with Crippen molar-refractivity contribution in [1.29, 1.82) is 0 Å². The van der Waals surface area contributed by atoms with Crippen molar-refractivity contribution in [2.24, 2.45) is 11.8 Å². The van der Waals surface area contributed by atoms with Gasteiger partial charge in [-0.15, -0.1) is 0 Å². The van der Waals surface area contributed by atoms with Crippen molar-refractivity contribution < 1.29 is 9.63 Å². The molecule has 1 atom stereocenters. The number of hydrogen-bond acceptors (Lipinski definition) is 4. The SMILES string of the molecule is CCCC(O)Cc1nc(C2CCC(C(C)C)CC2)no1. The molecule has 4 heteroatoms. The van der Waals surface area contributed by atoms with Crippen LogP contribution in [0.1, 0.15) is 76.9 Å². The average molecular weight is 280 g/mol. The van der Waals surface area contributed by atoms with Gasteiger partial charge in [0.25, 0.3) is 0 Å². The predicted octanol–water partition coefficient (Wildman–Crippen LogP) is 3.70. The molecule has 1 aromatic rings. The third-order valence-corrected chi connectivity index (χ3v) is 4.60. The van der Waals surface area contributed by atoms with Gasteiger partial charge in [-0.2, -0.15) is 4.98 Å². The van der Waals surface area contributed by atoms with Gasteiger partial charge in [-0.05, 0) is 43.9 Å². The van der Waals surface area contributed by atoms with Gasteiger partial charge in [0.1, 0.15) is 0 Å². The molecule has 4 nitrogen and oxygen atoms in total. The topological polar surface area (TPSA) is 59.2 Å². The molecule has 1 N–H and O–H groups in total. The van der Waals surface area contributed by atoms with Gasteiger partial charge in [0.2, 0.25) is 5.89 Å². The van der Waals surface area contributed by atoms with E-state index in [-0.39, 0.29) is 6.10 Å². The molecule has 0 aromatic carbocycles. The van der Waals surface area contributed by atoms with Crippen LogP contribution < -0.4 is 0 Å². The predicted molar refractivity (Wildman–Crippen MR) is 78.5 cm³/mol. The van der Waals surface area contributed by atoms with Crippen LogP contribution in [0.4, 0.5) is 0 Å². The molecule has 0 spiro atoms. The van der Waals surface area contributed by atoms with Crippen molar-refractivity contribution in [2.75, 3.05) is 0 Å². The number of hydrogen-bond donors (Lipinski definition) is 1. The Balaban J connectivity index is 1.87. The van der Waals surface area contributed by atoms with Gasteiger partial charge in [0.05, 0.1) is 12.5 Å². The van der Waals surface area contributed by atoms with Crippen LogP contribution in [0.3, 0.4) is 0 Å². The van der Waals surface area contributed by atoms with Crippen molar-refractivity contribution in [3.8, 4) is 0 Å². The van der Waals surface area contributed by atoms with Crippen LogP contribution >= 0.6 is 0 Å². The van der Waals surface area contributed by atoms with E-state index in [1.54, 1.807) is 0 Å². The van der Waals surface area contributed by atoms with Crippen molar-refractivity contribution >= 4 is 0 Å². The molecule has 20 heavy (non-hydrogen) atoms. The Kier molecular flexibility index (Phi) is 5.58. The van der Waals surface area contributed by atoms with Crippen molar-refractivity contribution in [3.05, 3.63) is 11.7 Å². The van der Waals surface area contributed by atoms with Gasteiger partial charge in [0.15, 0.2) is 5.82 Å². The second-order valence-corrected chi connectivity index (χ2v) is 6.55. The Morgan fingerprint density at radius 1 is 1.25 bits per heavy atom. The lowest BCUT2D eigenvalue weighted by atomic mass is 9.77. The summed E-state index contributed by atoms with van der Waals surface area (Å²) in [6.45, 7) is 6.69. The highest BCUT2D eigenvalue weighted by Crippen LogP contribution is 2.37. The van der Waals surface area contributed by atoms with E-state index in [2.05, 4.69) is 30.9 Å². The molecule has 2 rings (SSSR count). The molecule has 114 valence electrons. The molecule has 1 aromatic heterocycles. The highest BCUT2D eigenvalue weighted by atomic mass is 16.5. The van der Waals surface area contributed by atoms with Gasteiger partial charge >= 0.3 is 0 Å². The first kappa shape index (κ1) is 15.5. The Bertz CT molecular complexity index is 395. The van der Waals surface area contributed by atoms with Gasteiger partial charge in [-0.3, -0.25) is 0 Å². The summed E-state index contributed by atoms with van der Waals surface area (Å²) in [7, 11) is 0.